The fourth-order valence-electron chi connectivity index (χ4n) is 2.48. The van der Waals surface area contributed by atoms with Crippen LogP contribution in [0.1, 0.15) is 37.8 Å². The van der Waals surface area contributed by atoms with Crippen LogP contribution in [0.3, 0.4) is 0 Å². The number of hydrogen-bond acceptors (Lipinski definition) is 3. The zero-order valence-corrected chi connectivity index (χ0v) is 11.9. The summed E-state index contributed by atoms with van der Waals surface area (Å²) in [5.41, 5.74) is 3.25. The number of ether oxygens (including phenoxy) is 1. The van der Waals surface area contributed by atoms with E-state index >= 15 is 0 Å². The first-order valence-corrected chi connectivity index (χ1v) is 7.39. The molecule has 0 aliphatic carbocycles. The molecular formula is C16H21N3O. The Morgan fingerprint density at radius 3 is 3.15 bits per heavy atom. The largest absolute Gasteiger partial charge is 0.478 e. The summed E-state index contributed by atoms with van der Waals surface area (Å²) >= 11 is 0. The summed E-state index contributed by atoms with van der Waals surface area (Å²) in [6.07, 6.45) is 9.76. The molecule has 1 unspecified atom stereocenters. The van der Waals surface area contributed by atoms with Crippen molar-refractivity contribution in [2.45, 2.75) is 32.2 Å². The van der Waals surface area contributed by atoms with Gasteiger partial charge in [0.25, 0.3) is 0 Å². The van der Waals surface area contributed by atoms with E-state index in [0.717, 1.165) is 43.4 Å². The lowest BCUT2D eigenvalue weighted by Gasteiger charge is -2.17. The van der Waals surface area contributed by atoms with Crippen molar-refractivity contribution in [2.24, 2.45) is 0 Å². The normalized spacial score (nSPS) is 18.6. The summed E-state index contributed by atoms with van der Waals surface area (Å²) in [7, 11) is 0. The Morgan fingerprint density at radius 2 is 2.35 bits per heavy atom. The van der Waals surface area contributed by atoms with Crippen LogP contribution >= 0.6 is 0 Å². The molecule has 3 heterocycles. The van der Waals surface area contributed by atoms with E-state index in [2.05, 4.69) is 34.4 Å². The second-order valence-electron chi connectivity index (χ2n) is 5.14. The van der Waals surface area contributed by atoms with Gasteiger partial charge in [-0.15, -0.1) is 0 Å². The minimum absolute atomic E-state index is 0.246. The number of aromatic nitrogens is 2. The molecule has 1 aliphatic rings. The van der Waals surface area contributed by atoms with Crippen molar-refractivity contribution < 1.29 is 4.74 Å². The molecule has 1 atom stereocenters. The lowest BCUT2D eigenvalue weighted by Crippen LogP contribution is -2.23. The molecule has 0 spiro atoms. The number of aromatic amines is 1. The third-order valence-electron chi connectivity index (χ3n) is 3.61. The van der Waals surface area contributed by atoms with Crippen LogP contribution in [0, 0.1) is 0 Å². The Bertz CT molecular complexity index is 603. The van der Waals surface area contributed by atoms with Crippen LogP contribution in [0.4, 0.5) is 0 Å². The SMILES string of the molecule is CCCCOc1ccc2[nH]cc(C3C=CCCN3)c2n1. The van der Waals surface area contributed by atoms with E-state index in [1.54, 1.807) is 0 Å². The highest BCUT2D eigenvalue weighted by Crippen LogP contribution is 2.26. The van der Waals surface area contributed by atoms with Gasteiger partial charge in [0.1, 0.15) is 0 Å². The summed E-state index contributed by atoms with van der Waals surface area (Å²) in [4.78, 5) is 7.94. The molecular weight excluding hydrogens is 250 g/mol. The molecule has 2 aromatic heterocycles. The van der Waals surface area contributed by atoms with Crippen molar-refractivity contribution in [2.75, 3.05) is 13.2 Å². The molecule has 2 N–H and O–H groups in total. The zero-order chi connectivity index (χ0) is 13.8. The van der Waals surface area contributed by atoms with Crippen molar-refractivity contribution in [1.82, 2.24) is 15.3 Å². The number of hydrogen-bond donors (Lipinski definition) is 2. The van der Waals surface area contributed by atoms with Crippen molar-refractivity contribution in [3.8, 4) is 5.88 Å². The minimum Gasteiger partial charge on any atom is -0.478 e. The second-order valence-corrected chi connectivity index (χ2v) is 5.14. The molecule has 0 fully saturated rings. The molecule has 0 bridgehead atoms. The predicted molar refractivity (Wildman–Crippen MR) is 81.0 cm³/mol. The molecule has 0 amide bonds. The van der Waals surface area contributed by atoms with Crippen LogP contribution in [0.5, 0.6) is 5.88 Å². The third-order valence-corrected chi connectivity index (χ3v) is 3.61. The van der Waals surface area contributed by atoms with Crippen LogP contribution in [0.2, 0.25) is 0 Å². The first kappa shape index (κ1) is 13.2. The minimum atomic E-state index is 0.246. The number of nitrogens with one attached hydrogen (secondary N) is 2. The van der Waals surface area contributed by atoms with Gasteiger partial charge in [-0.3, -0.25) is 0 Å². The zero-order valence-electron chi connectivity index (χ0n) is 11.9. The Kier molecular flexibility index (Phi) is 4.02. The average Bonchev–Trinajstić information content (AvgIpc) is 2.91. The molecule has 1 aliphatic heterocycles. The quantitative estimate of drug-likeness (QED) is 0.648. The summed E-state index contributed by atoms with van der Waals surface area (Å²) in [6, 6.07) is 4.22. The molecule has 106 valence electrons. The highest BCUT2D eigenvalue weighted by molar-refractivity contribution is 5.80. The van der Waals surface area contributed by atoms with E-state index in [4.69, 9.17) is 4.74 Å². The number of nitrogens with zero attached hydrogens (tertiary/aromatic N) is 1. The summed E-state index contributed by atoms with van der Waals surface area (Å²) in [5.74, 6) is 0.714. The van der Waals surface area contributed by atoms with E-state index in [1.807, 2.05) is 18.3 Å². The van der Waals surface area contributed by atoms with Gasteiger partial charge >= 0.3 is 0 Å². The van der Waals surface area contributed by atoms with Crippen molar-refractivity contribution in [3.63, 3.8) is 0 Å². The van der Waals surface area contributed by atoms with Gasteiger partial charge in [0.05, 0.1) is 23.7 Å². The summed E-state index contributed by atoms with van der Waals surface area (Å²) in [6.45, 7) is 3.90. The van der Waals surface area contributed by atoms with E-state index in [-0.39, 0.29) is 6.04 Å². The van der Waals surface area contributed by atoms with Crippen LogP contribution in [0.15, 0.2) is 30.5 Å². The number of pyridine rings is 1. The molecule has 20 heavy (non-hydrogen) atoms. The van der Waals surface area contributed by atoms with Gasteiger partial charge in [0, 0.05) is 17.8 Å². The number of H-pyrrole nitrogens is 1. The smallest absolute Gasteiger partial charge is 0.213 e. The Morgan fingerprint density at radius 1 is 1.40 bits per heavy atom. The monoisotopic (exact) mass is 271 g/mol. The maximum absolute atomic E-state index is 5.70. The van der Waals surface area contributed by atoms with Gasteiger partial charge in [-0.05, 0) is 25.5 Å². The van der Waals surface area contributed by atoms with Gasteiger partial charge in [-0.25, -0.2) is 4.98 Å². The highest BCUT2D eigenvalue weighted by Gasteiger charge is 2.16. The number of unbranched alkanes of at least 4 members (excludes halogenated alkanes) is 1. The highest BCUT2D eigenvalue weighted by atomic mass is 16.5. The van der Waals surface area contributed by atoms with E-state index in [1.165, 1.54) is 5.56 Å². The van der Waals surface area contributed by atoms with Gasteiger partial charge in [-0.2, -0.15) is 0 Å². The summed E-state index contributed by atoms with van der Waals surface area (Å²) in [5, 5.41) is 3.50. The van der Waals surface area contributed by atoms with E-state index in [0.29, 0.717) is 5.88 Å². The second kappa shape index (κ2) is 6.09. The average molecular weight is 271 g/mol. The van der Waals surface area contributed by atoms with Crippen molar-refractivity contribution >= 4 is 11.0 Å². The van der Waals surface area contributed by atoms with Crippen molar-refractivity contribution in [1.29, 1.82) is 0 Å². The topological polar surface area (TPSA) is 49.9 Å². The van der Waals surface area contributed by atoms with Gasteiger partial charge < -0.3 is 15.0 Å². The van der Waals surface area contributed by atoms with Gasteiger partial charge in [0.2, 0.25) is 5.88 Å². The van der Waals surface area contributed by atoms with Crippen LogP contribution in [-0.2, 0) is 0 Å². The van der Waals surface area contributed by atoms with E-state index < -0.39 is 0 Å². The molecule has 4 nitrogen and oxygen atoms in total. The van der Waals surface area contributed by atoms with Crippen LogP contribution in [-0.4, -0.2) is 23.1 Å². The molecule has 4 heteroatoms. The predicted octanol–water partition coefficient (Wildman–Crippen LogP) is 3.33. The van der Waals surface area contributed by atoms with Gasteiger partial charge in [0.15, 0.2) is 0 Å². The molecule has 0 aromatic carbocycles. The molecule has 3 rings (SSSR count). The maximum atomic E-state index is 5.70. The first-order chi connectivity index (χ1) is 9.88. The standard InChI is InChI=1S/C16H21N3O/c1-2-3-10-20-15-8-7-14-16(19-15)12(11-18-14)13-6-4-5-9-17-13/h4,6-8,11,13,17-18H,2-3,5,9-10H2,1H3. The van der Waals surface area contributed by atoms with Gasteiger partial charge in [-0.1, -0.05) is 25.5 Å². The fraction of sp³-hybridized carbons (Fsp3) is 0.438. The fourth-order valence-corrected chi connectivity index (χ4v) is 2.48. The van der Waals surface area contributed by atoms with E-state index in [9.17, 15) is 0 Å². The number of fused-ring (bicyclic) bond motifs is 1. The molecule has 2 aromatic rings. The molecule has 0 saturated carbocycles. The lowest BCUT2D eigenvalue weighted by atomic mass is 10.1. The molecule has 0 saturated heterocycles. The third kappa shape index (κ3) is 2.70. The molecule has 0 radical (unpaired) electrons. The Hall–Kier alpha value is -1.81. The van der Waals surface area contributed by atoms with Crippen LogP contribution < -0.4 is 10.1 Å². The first-order valence-electron chi connectivity index (χ1n) is 7.39. The lowest BCUT2D eigenvalue weighted by molar-refractivity contribution is 0.299. The maximum Gasteiger partial charge on any atom is 0.213 e. The number of rotatable bonds is 5. The Labute approximate surface area is 119 Å². The van der Waals surface area contributed by atoms with Crippen molar-refractivity contribution in [3.05, 3.63) is 36.0 Å². The van der Waals surface area contributed by atoms with Crippen LogP contribution in [0.25, 0.3) is 11.0 Å². The summed E-state index contributed by atoms with van der Waals surface area (Å²) < 4.78 is 5.70. The Balaban J connectivity index is 1.87.